The van der Waals surface area contributed by atoms with Gasteiger partial charge in [-0.05, 0) is 38.5 Å². The van der Waals surface area contributed by atoms with Gasteiger partial charge in [-0.2, -0.15) is 0 Å². The smallest absolute Gasteiger partial charge is 0.0145 e. The maximum atomic E-state index is 2.35. The summed E-state index contributed by atoms with van der Waals surface area (Å²) in [7, 11) is 0. The van der Waals surface area contributed by atoms with Crippen molar-refractivity contribution in [1.29, 1.82) is 0 Å². The van der Waals surface area contributed by atoms with Gasteiger partial charge in [0.1, 0.15) is 0 Å². The molecule has 0 fully saturated rings. The van der Waals surface area contributed by atoms with E-state index in [2.05, 4.69) is 27.7 Å². The second-order valence-corrected chi connectivity index (χ2v) is 4.14. The molecule has 0 aromatic rings. The third kappa shape index (κ3) is 2.08. The van der Waals surface area contributed by atoms with E-state index in [0.717, 1.165) is 0 Å². The molecule has 0 aliphatic heterocycles. The van der Waals surface area contributed by atoms with Gasteiger partial charge in [0.25, 0.3) is 0 Å². The van der Waals surface area contributed by atoms with Gasteiger partial charge in [0, 0.05) is 0 Å². The first-order valence-electron chi connectivity index (χ1n) is 4.21. The van der Waals surface area contributed by atoms with E-state index in [1.807, 2.05) is 0 Å². The van der Waals surface area contributed by atoms with Crippen LogP contribution in [0.15, 0.2) is 11.1 Å². The summed E-state index contributed by atoms with van der Waals surface area (Å²) in [6, 6.07) is 0. The lowest BCUT2D eigenvalue weighted by Crippen LogP contribution is -2.18. The van der Waals surface area contributed by atoms with Gasteiger partial charge in [-0.25, -0.2) is 0 Å². The van der Waals surface area contributed by atoms with Crippen molar-refractivity contribution in [2.75, 3.05) is 0 Å². The molecule has 0 saturated carbocycles. The molecule has 66 valence electrons. The van der Waals surface area contributed by atoms with Crippen LogP contribution in [0.4, 0.5) is 0 Å². The van der Waals surface area contributed by atoms with Crippen molar-refractivity contribution >= 4 is 0 Å². The summed E-state index contributed by atoms with van der Waals surface area (Å²) in [5, 5.41) is 0. The second-order valence-electron chi connectivity index (χ2n) is 4.14. The summed E-state index contributed by atoms with van der Waals surface area (Å²) in [5.41, 5.74) is 3.73. The first-order valence-corrected chi connectivity index (χ1v) is 4.21. The predicted octanol–water partition coefficient (Wildman–Crippen LogP) is 4.17. The van der Waals surface area contributed by atoms with Crippen molar-refractivity contribution in [1.82, 2.24) is 0 Å². The average Bonchev–Trinajstić information content (AvgIpc) is 1.83. The molecular weight excluding hydrogens is 132 g/mol. The molecule has 1 aliphatic rings. The third-order valence-electron chi connectivity index (χ3n) is 3.01. The Morgan fingerprint density at radius 2 is 1.73 bits per heavy atom. The highest BCUT2D eigenvalue weighted by molar-refractivity contribution is 5.19. The van der Waals surface area contributed by atoms with Crippen molar-refractivity contribution in [3.8, 4) is 0 Å². The average molecular weight is 154 g/mol. The number of hydrogen-bond donors (Lipinski definition) is 0. The SMILES string of the molecule is C.CC1=C(C)C(C)(C)CCC1. The van der Waals surface area contributed by atoms with Crippen molar-refractivity contribution in [3.63, 3.8) is 0 Å². The van der Waals surface area contributed by atoms with Gasteiger partial charge in [0.05, 0.1) is 0 Å². The van der Waals surface area contributed by atoms with Gasteiger partial charge < -0.3 is 0 Å². The minimum Gasteiger partial charge on any atom is -0.0776 e. The zero-order valence-electron chi connectivity index (χ0n) is 7.62. The van der Waals surface area contributed by atoms with Gasteiger partial charge in [-0.1, -0.05) is 32.4 Å². The topological polar surface area (TPSA) is 0 Å². The van der Waals surface area contributed by atoms with Crippen LogP contribution in [0.5, 0.6) is 0 Å². The lowest BCUT2D eigenvalue weighted by Gasteiger charge is -2.32. The summed E-state index contributed by atoms with van der Waals surface area (Å²) in [6.07, 6.45) is 4.08. The Kier molecular flexibility index (Phi) is 3.34. The highest BCUT2D eigenvalue weighted by Gasteiger charge is 2.24. The number of rotatable bonds is 0. The van der Waals surface area contributed by atoms with Gasteiger partial charge in [-0.15, -0.1) is 0 Å². The molecule has 0 unspecified atom stereocenters. The van der Waals surface area contributed by atoms with E-state index in [1.165, 1.54) is 19.3 Å². The molecular formula is C11H22. The van der Waals surface area contributed by atoms with Crippen molar-refractivity contribution in [3.05, 3.63) is 11.1 Å². The van der Waals surface area contributed by atoms with Crippen LogP contribution >= 0.6 is 0 Å². The Labute approximate surface area is 71.7 Å². The Morgan fingerprint density at radius 1 is 1.18 bits per heavy atom. The summed E-state index contributed by atoms with van der Waals surface area (Å²) >= 11 is 0. The molecule has 0 aromatic heterocycles. The van der Waals surface area contributed by atoms with E-state index >= 15 is 0 Å². The van der Waals surface area contributed by atoms with Crippen LogP contribution in [0.3, 0.4) is 0 Å². The molecule has 0 radical (unpaired) electrons. The number of allylic oxidation sites excluding steroid dienone is 2. The molecule has 0 nitrogen and oxygen atoms in total. The van der Waals surface area contributed by atoms with Crippen LogP contribution in [0.25, 0.3) is 0 Å². The molecule has 0 heterocycles. The van der Waals surface area contributed by atoms with E-state index in [4.69, 9.17) is 0 Å². The summed E-state index contributed by atoms with van der Waals surface area (Å²) < 4.78 is 0. The predicted molar refractivity (Wildman–Crippen MR) is 52.7 cm³/mol. The first-order chi connectivity index (χ1) is 4.54. The standard InChI is InChI=1S/C10H18.CH4/c1-8-6-5-7-10(3,4)9(8)2;/h5-7H2,1-4H3;1H4. The second kappa shape index (κ2) is 3.42. The maximum absolute atomic E-state index is 2.35. The lowest BCUT2D eigenvalue weighted by molar-refractivity contribution is 0.367. The Morgan fingerprint density at radius 3 is 2.09 bits per heavy atom. The van der Waals surface area contributed by atoms with E-state index in [-0.39, 0.29) is 7.43 Å². The molecule has 1 rings (SSSR count). The van der Waals surface area contributed by atoms with Crippen LogP contribution in [0, 0.1) is 5.41 Å². The molecule has 1 aliphatic carbocycles. The van der Waals surface area contributed by atoms with Crippen molar-refractivity contribution in [2.45, 2.75) is 54.4 Å². The first kappa shape index (κ1) is 10.7. The molecule has 0 spiro atoms. The molecule has 0 heteroatoms. The fraction of sp³-hybridized carbons (Fsp3) is 0.818. The van der Waals surface area contributed by atoms with Gasteiger partial charge in [-0.3, -0.25) is 0 Å². The van der Waals surface area contributed by atoms with Crippen LogP contribution in [0.2, 0.25) is 0 Å². The van der Waals surface area contributed by atoms with Crippen LogP contribution in [-0.4, -0.2) is 0 Å². The molecule has 0 saturated heterocycles. The van der Waals surface area contributed by atoms with Gasteiger partial charge >= 0.3 is 0 Å². The summed E-state index contributed by atoms with van der Waals surface area (Å²) in [6.45, 7) is 9.26. The molecule has 0 aromatic carbocycles. The third-order valence-corrected chi connectivity index (χ3v) is 3.01. The largest absolute Gasteiger partial charge is 0.0776 e. The molecule has 0 N–H and O–H groups in total. The fourth-order valence-corrected chi connectivity index (χ4v) is 1.75. The van der Waals surface area contributed by atoms with E-state index in [1.54, 1.807) is 11.1 Å². The Bertz CT molecular complexity index is 161. The van der Waals surface area contributed by atoms with Crippen LogP contribution < -0.4 is 0 Å². The lowest BCUT2D eigenvalue weighted by atomic mass is 9.74. The normalized spacial score (nSPS) is 22.9. The highest BCUT2D eigenvalue weighted by atomic mass is 14.3. The molecule has 0 bridgehead atoms. The molecule has 0 amide bonds. The number of hydrogen-bond acceptors (Lipinski definition) is 0. The quantitative estimate of drug-likeness (QED) is 0.459. The van der Waals surface area contributed by atoms with E-state index in [0.29, 0.717) is 5.41 Å². The molecule has 11 heavy (non-hydrogen) atoms. The molecule has 0 atom stereocenters. The van der Waals surface area contributed by atoms with Gasteiger partial charge in [0.15, 0.2) is 0 Å². The minimum atomic E-state index is 0. The maximum Gasteiger partial charge on any atom is -0.0145 e. The zero-order valence-corrected chi connectivity index (χ0v) is 7.62. The van der Waals surface area contributed by atoms with Crippen molar-refractivity contribution < 1.29 is 0 Å². The van der Waals surface area contributed by atoms with E-state index < -0.39 is 0 Å². The van der Waals surface area contributed by atoms with E-state index in [9.17, 15) is 0 Å². The van der Waals surface area contributed by atoms with Crippen molar-refractivity contribution in [2.24, 2.45) is 5.41 Å². The monoisotopic (exact) mass is 154 g/mol. The van der Waals surface area contributed by atoms with Crippen LogP contribution in [-0.2, 0) is 0 Å². The minimum absolute atomic E-state index is 0. The zero-order chi connectivity index (χ0) is 7.78. The van der Waals surface area contributed by atoms with Gasteiger partial charge in [0.2, 0.25) is 0 Å². The summed E-state index contributed by atoms with van der Waals surface area (Å²) in [5.74, 6) is 0. The Balaban J connectivity index is 0.000001000. The highest BCUT2D eigenvalue weighted by Crippen LogP contribution is 2.39. The summed E-state index contributed by atoms with van der Waals surface area (Å²) in [4.78, 5) is 0. The van der Waals surface area contributed by atoms with Crippen LogP contribution in [0.1, 0.15) is 54.4 Å². The fourth-order valence-electron chi connectivity index (χ4n) is 1.75. The Hall–Kier alpha value is -0.260.